The third kappa shape index (κ3) is 8.76. The molecule has 0 atom stereocenters. The average Bonchev–Trinajstić information content (AvgIpc) is 3.79. The maximum absolute atomic E-state index is 10.4. The van der Waals surface area contributed by atoms with Crippen LogP contribution in [0.15, 0.2) is 11.3 Å². The third-order valence-corrected chi connectivity index (χ3v) is 14.7. The van der Waals surface area contributed by atoms with Gasteiger partial charge in [-0.1, -0.05) is 55.4 Å². The van der Waals surface area contributed by atoms with E-state index in [0.717, 1.165) is 21.0 Å². The molecular formula is C48H58IrN2O2S2-2. The number of benzene rings is 4. The van der Waals surface area contributed by atoms with Crippen molar-refractivity contribution in [2.75, 3.05) is 0 Å². The number of carbonyl (C=O) groups excluding carboxylic acids is 1. The van der Waals surface area contributed by atoms with Crippen LogP contribution >= 0.6 is 22.7 Å². The van der Waals surface area contributed by atoms with Gasteiger partial charge in [-0.25, -0.2) is 0 Å². The van der Waals surface area contributed by atoms with Gasteiger partial charge in [-0.2, -0.15) is 22.7 Å². The summed E-state index contributed by atoms with van der Waals surface area (Å²) in [5.41, 5.74) is 26.4. The zero-order valence-corrected chi connectivity index (χ0v) is 40.4. The van der Waals surface area contributed by atoms with Crippen molar-refractivity contribution in [2.45, 2.75) is 132 Å². The molecule has 1 N–H and O–H groups in total. The summed E-state index contributed by atoms with van der Waals surface area (Å²) in [6.45, 7) is 39.6. The molecule has 0 fully saturated rings. The molecule has 0 bridgehead atoms. The maximum atomic E-state index is 10.4. The summed E-state index contributed by atoms with van der Waals surface area (Å²) >= 11 is 3.62. The number of fused-ring (bicyclic) bond motifs is 2. The van der Waals surface area contributed by atoms with Gasteiger partial charge >= 0.3 is 0 Å². The topological polar surface area (TPSA) is 63.1 Å². The van der Waals surface area contributed by atoms with Crippen LogP contribution in [0.5, 0.6) is 0 Å². The van der Waals surface area contributed by atoms with Gasteiger partial charge in [0.05, 0.1) is 16.8 Å². The number of thiazole rings is 2. The third-order valence-electron chi connectivity index (χ3n) is 12.3. The molecule has 2 heterocycles. The van der Waals surface area contributed by atoms with Crippen molar-refractivity contribution in [1.82, 2.24) is 9.97 Å². The van der Waals surface area contributed by atoms with E-state index in [2.05, 4.69) is 123 Å². The minimum atomic E-state index is -0.0787. The number of hydrogen-bond acceptors (Lipinski definition) is 6. The van der Waals surface area contributed by atoms with Crippen LogP contribution in [-0.2, 0) is 24.9 Å². The van der Waals surface area contributed by atoms with Gasteiger partial charge in [0.15, 0.2) is 5.78 Å². The molecule has 0 aliphatic carbocycles. The van der Waals surface area contributed by atoms with Gasteiger partial charge in [0.1, 0.15) is 0 Å². The van der Waals surface area contributed by atoms with E-state index in [-0.39, 0.29) is 31.6 Å². The Morgan fingerprint density at radius 3 is 1.02 bits per heavy atom. The van der Waals surface area contributed by atoms with Crippen molar-refractivity contribution in [1.29, 1.82) is 0 Å². The Balaban J connectivity index is 0.000000244. The van der Waals surface area contributed by atoms with Gasteiger partial charge in [-0.15, -0.1) is 67.8 Å². The van der Waals surface area contributed by atoms with E-state index in [1.165, 1.54) is 123 Å². The summed E-state index contributed by atoms with van der Waals surface area (Å²) in [7, 11) is 0. The molecule has 0 aliphatic heterocycles. The Morgan fingerprint density at radius 1 is 0.455 bits per heavy atom. The monoisotopic (exact) mass is 951 g/mol. The quantitative estimate of drug-likeness (QED) is 0.109. The first-order valence-electron chi connectivity index (χ1n) is 18.6. The molecule has 0 saturated heterocycles. The number of hydrogen-bond donors (Lipinski definition) is 1. The summed E-state index contributed by atoms with van der Waals surface area (Å²) in [5.74, 6) is 0.0301. The van der Waals surface area contributed by atoms with E-state index in [4.69, 9.17) is 15.1 Å². The Kier molecular flexibility index (Phi) is 14.8. The van der Waals surface area contributed by atoms with Gasteiger partial charge in [-0.05, 0) is 121 Å². The first-order valence-corrected chi connectivity index (χ1v) is 20.3. The van der Waals surface area contributed by atoms with Gasteiger partial charge in [0.2, 0.25) is 0 Å². The molecule has 4 aromatic carbocycles. The smallest absolute Gasteiger partial charge is 0.158 e. The largest absolute Gasteiger partial charge is 0.512 e. The molecule has 1 radical (unpaired) electrons. The van der Waals surface area contributed by atoms with E-state index >= 15 is 0 Å². The molecule has 0 unspecified atom stereocenters. The fraction of sp³-hybridized carbons (Fsp3) is 0.396. The molecular weight excluding hydrogens is 893 g/mol. The van der Waals surface area contributed by atoms with Crippen molar-refractivity contribution in [2.24, 2.45) is 0 Å². The molecule has 0 spiro atoms. The van der Waals surface area contributed by atoms with Crippen LogP contribution in [0.25, 0.3) is 41.6 Å². The minimum Gasteiger partial charge on any atom is -0.512 e. The van der Waals surface area contributed by atoms with Crippen molar-refractivity contribution in [3.63, 3.8) is 0 Å². The number of allylic oxidation sites excluding steroid dienone is 2. The van der Waals surface area contributed by atoms with E-state index in [0.29, 0.717) is 5.57 Å². The molecule has 2 aromatic heterocycles. The number of aliphatic hydroxyl groups excluding tert-OH is 1. The molecule has 7 heteroatoms. The number of Topliss-reactive ketones (excluding diaryl/α,β-unsaturated/α-hetero) is 1. The molecule has 295 valence electrons. The number of aromatic nitrogens is 2. The second-order valence-electron chi connectivity index (χ2n) is 15.2. The van der Waals surface area contributed by atoms with E-state index < -0.39 is 0 Å². The molecule has 0 aliphatic rings. The number of rotatable bonds is 3. The van der Waals surface area contributed by atoms with E-state index in [1.807, 2.05) is 22.7 Å². The Hall–Kier alpha value is -3.48. The summed E-state index contributed by atoms with van der Waals surface area (Å²) in [4.78, 5) is 20.4. The SMILES string of the molecule is CC(=O)/C(C)=C(/C)O.Cc1[c-]c(-c2nc3c(C)c(C)c(C)c(C)c3s2)c(C)c(C)c1C.Cc1[c-]c(-c2nc3c(C)c(C)c(C)c(C)c3s2)c(C)c(C)c1C.[Ir]. The number of aryl methyl sites for hydroxylation is 6. The second-order valence-corrected chi connectivity index (χ2v) is 17.2. The number of nitrogens with zero attached hydrogens (tertiary/aromatic N) is 2. The predicted molar refractivity (Wildman–Crippen MR) is 235 cm³/mol. The second kappa shape index (κ2) is 17.8. The molecule has 0 saturated carbocycles. The normalized spacial score (nSPS) is 11.5. The summed E-state index contributed by atoms with van der Waals surface area (Å²) in [6.07, 6.45) is 0. The number of ketones is 1. The molecule has 55 heavy (non-hydrogen) atoms. The average molecular weight is 951 g/mol. The van der Waals surface area contributed by atoms with Gasteiger partial charge in [-0.3, -0.25) is 14.8 Å². The first kappa shape index (κ1) is 45.9. The zero-order chi connectivity index (χ0) is 40.8. The van der Waals surface area contributed by atoms with Crippen LogP contribution in [0.1, 0.15) is 110 Å². The van der Waals surface area contributed by atoms with Crippen molar-refractivity contribution < 1.29 is 30.0 Å². The molecule has 0 amide bonds. The first-order chi connectivity index (χ1) is 25.0. The van der Waals surface area contributed by atoms with E-state index in [9.17, 15) is 4.79 Å². The predicted octanol–water partition coefficient (Wildman–Crippen LogP) is 13.9. The maximum Gasteiger partial charge on any atom is 0.158 e. The van der Waals surface area contributed by atoms with Crippen LogP contribution in [0.4, 0.5) is 0 Å². The summed E-state index contributed by atoms with van der Waals surface area (Å²) in [5, 5.41) is 10.8. The number of carbonyl (C=O) groups is 1. The van der Waals surface area contributed by atoms with E-state index in [1.54, 1.807) is 6.92 Å². The van der Waals surface area contributed by atoms with Crippen molar-refractivity contribution >= 4 is 48.9 Å². The van der Waals surface area contributed by atoms with Crippen LogP contribution in [0.2, 0.25) is 0 Å². The van der Waals surface area contributed by atoms with Gasteiger partial charge < -0.3 is 5.11 Å². The fourth-order valence-corrected chi connectivity index (χ4v) is 9.10. The van der Waals surface area contributed by atoms with Crippen LogP contribution in [0.3, 0.4) is 0 Å². The standard InChI is InChI=1S/2C21H24NS.C6H10O2.Ir/c2*1-10-9-18(15(6)12(3)11(10)2)21-22-19-16(7)13(4)14(5)17(8)20(19)23-21;1-4(5(2)7)6(3)8;/h2*1-8H3;7H,1-3H3;/q2*-1;;/b;;5-4-;. The van der Waals surface area contributed by atoms with Gasteiger partial charge in [0, 0.05) is 45.1 Å². The fourth-order valence-electron chi connectivity index (χ4n) is 6.62. The molecule has 6 aromatic rings. The Labute approximate surface area is 351 Å². The summed E-state index contributed by atoms with van der Waals surface area (Å²) < 4.78 is 2.65. The summed E-state index contributed by atoms with van der Waals surface area (Å²) in [6, 6.07) is 7.16. The van der Waals surface area contributed by atoms with Crippen molar-refractivity contribution in [3.8, 4) is 21.1 Å². The molecule has 6 rings (SSSR count). The Morgan fingerprint density at radius 2 is 0.745 bits per heavy atom. The number of aliphatic hydroxyl groups is 1. The molecule has 4 nitrogen and oxygen atoms in total. The Bertz CT molecular complexity index is 2260. The van der Waals surface area contributed by atoms with Gasteiger partial charge in [0.25, 0.3) is 0 Å². The zero-order valence-electron chi connectivity index (χ0n) is 36.4. The van der Waals surface area contributed by atoms with Crippen LogP contribution in [0, 0.1) is 123 Å². The van der Waals surface area contributed by atoms with Crippen LogP contribution < -0.4 is 0 Å². The van der Waals surface area contributed by atoms with Crippen LogP contribution in [-0.4, -0.2) is 20.9 Å². The van der Waals surface area contributed by atoms with Crippen molar-refractivity contribution in [3.05, 3.63) is 112 Å². The minimum absolute atomic E-state index is 0.